The van der Waals surface area contributed by atoms with Crippen LogP contribution in [0.3, 0.4) is 0 Å². The number of rotatable bonds is 7. The summed E-state index contributed by atoms with van der Waals surface area (Å²) in [5.74, 6) is 0.720. The summed E-state index contributed by atoms with van der Waals surface area (Å²) in [4.78, 5) is 13.1. The van der Waals surface area contributed by atoms with Gasteiger partial charge in [-0.3, -0.25) is 4.79 Å². The molecule has 0 saturated carbocycles. The van der Waals surface area contributed by atoms with Crippen LogP contribution in [0.4, 0.5) is 4.39 Å². The molecule has 1 amide bonds. The lowest BCUT2D eigenvalue weighted by molar-refractivity contribution is 0.0944. The van der Waals surface area contributed by atoms with Crippen molar-refractivity contribution in [2.24, 2.45) is 0 Å². The lowest BCUT2D eigenvalue weighted by atomic mass is 10.1. The van der Waals surface area contributed by atoms with Gasteiger partial charge in [0.2, 0.25) is 0 Å². The fraction of sp³-hybridized carbons (Fsp3) is 0.190. The van der Waals surface area contributed by atoms with Gasteiger partial charge in [0, 0.05) is 11.6 Å². The normalized spacial score (nSPS) is 11.7. The molecule has 2 aromatic carbocycles. The first-order chi connectivity index (χ1) is 13.0. The van der Waals surface area contributed by atoms with Gasteiger partial charge in [0.05, 0.1) is 18.0 Å². The Morgan fingerprint density at radius 3 is 2.70 bits per heavy atom. The molecule has 3 rings (SSSR count). The molecular weight excluding hydrogens is 365 g/mol. The summed E-state index contributed by atoms with van der Waals surface area (Å²) in [5.41, 5.74) is 1.83. The molecule has 0 bridgehead atoms. The van der Waals surface area contributed by atoms with Crippen LogP contribution in [0.2, 0.25) is 0 Å². The number of ether oxygens (including phenoxy) is 2. The average Bonchev–Trinajstić information content (AvgIpc) is 3.16. The molecule has 140 valence electrons. The summed E-state index contributed by atoms with van der Waals surface area (Å²) in [5, 5.41) is 4.85. The van der Waals surface area contributed by atoms with Gasteiger partial charge in [-0.05, 0) is 48.2 Å². The number of halogens is 1. The van der Waals surface area contributed by atoms with Crippen molar-refractivity contribution >= 4 is 17.2 Å². The van der Waals surface area contributed by atoms with Gasteiger partial charge in [-0.15, -0.1) is 11.3 Å². The lowest BCUT2D eigenvalue weighted by Crippen LogP contribution is -2.25. The van der Waals surface area contributed by atoms with E-state index in [1.165, 1.54) is 23.5 Å². The number of methoxy groups -OCH3 is 1. The highest BCUT2D eigenvalue weighted by Crippen LogP contribution is 2.22. The highest BCUT2D eigenvalue weighted by molar-refractivity contribution is 7.12. The van der Waals surface area contributed by atoms with Crippen LogP contribution in [0, 0.1) is 5.82 Å². The van der Waals surface area contributed by atoms with Crippen molar-refractivity contribution in [1.29, 1.82) is 0 Å². The Balaban J connectivity index is 1.59. The van der Waals surface area contributed by atoms with Crippen LogP contribution in [-0.2, 0) is 6.61 Å². The highest BCUT2D eigenvalue weighted by atomic mass is 32.1. The van der Waals surface area contributed by atoms with E-state index in [1.54, 1.807) is 25.3 Å². The maximum Gasteiger partial charge on any atom is 0.261 e. The van der Waals surface area contributed by atoms with Crippen LogP contribution in [0.25, 0.3) is 0 Å². The summed E-state index contributed by atoms with van der Waals surface area (Å²) in [6.07, 6.45) is 0. The number of hydrogen-bond acceptors (Lipinski definition) is 4. The van der Waals surface area contributed by atoms with Crippen molar-refractivity contribution < 1.29 is 18.7 Å². The molecule has 0 fully saturated rings. The smallest absolute Gasteiger partial charge is 0.261 e. The quantitative estimate of drug-likeness (QED) is 0.625. The Morgan fingerprint density at radius 2 is 1.93 bits per heavy atom. The number of amides is 1. The number of benzene rings is 2. The van der Waals surface area contributed by atoms with E-state index in [0.29, 0.717) is 10.6 Å². The topological polar surface area (TPSA) is 47.6 Å². The van der Waals surface area contributed by atoms with E-state index in [2.05, 4.69) is 5.32 Å². The predicted octanol–water partition coefficient (Wildman–Crippen LogP) is 4.97. The monoisotopic (exact) mass is 385 g/mol. The van der Waals surface area contributed by atoms with Gasteiger partial charge in [0.15, 0.2) is 0 Å². The number of carbonyl (C=O) groups excluding carboxylic acids is 1. The van der Waals surface area contributed by atoms with Gasteiger partial charge in [0.25, 0.3) is 5.91 Å². The van der Waals surface area contributed by atoms with Crippen molar-refractivity contribution in [1.82, 2.24) is 5.32 Å². The number of carbonyl (C=O) groups is 1. The maximum absolute atomic E-state index is 13.2. The van der Waals surface area contributed by atoms with E-state index in [4.69, 9.17) is 9.47 Å². The molecule has 27 heavy (non-hydrogen) atoms. The molecule has 0 aliphatic carbocycles. The molecular formula is C21H20FNO3S. The van der Waals surface area contributed by atoms with Gasteiger partial charge in [0.1, 0.15) is 23.9 Å². The molecule has 1 heterocycles. The Morgan fingerprint density at radius 1 is 1.15 bits per heavy atom. The Labute approximate surface area is 161 Å². The second-order valence-electron chi connectivity index (χ2n) is 6.04. The Hall–Kier alpha value is -2.86. The third-order valence-corrected chi connectivity index (χ3v) is 5.00. The molecule has 1 N–H and O–H groups in total. The fourth-order valence-corrected chi connectivity index (χ4v) is 3.36. The molecule has 4 nitrogen and oxygen atoms in total. The first-order valence-electron chi connectivity index (χ1n) is 8.46. The molecule has 3 aromatic rings. The zero-order valence-corrected chi connectivity index (χ0v) is 15.9. The molecule has 1 atom stereocenters. The largest absolute Gasteiger partial charge is 0.497 e. The minimum Gasteiger partial charge on any atom is -0.497 e. The van der Waals surface area contributed by atoms with Crippen molar-refractivity contribution in [3.8, 4) is 11.5 Å². The van der Waals surface area contributed by atoms with Crippen LogP contribution in [0.1, 0.15) is 33.8 Å². The van der Waals surface area contributed by atoms with Crippen LogP contribution in [-0.4, -0.2) is 13.0 Å². The van der Waals surface area contributed by atoms with Crippen LogP contribution >= 0.6 is 11.3 Å². The standard InChI is InChI=1S/C21H20FNO3S/c1-14(16-5-3-7-18(10-16)25-2)23-21(24)20-9-15(13-27-20)12-26-19-8-4-6-17(22)11-19/h3-11,13-14H,12H2,1-2H3,(H,23,24). The first kappa shape index (κ1) is 18.9. The van der Waals surface area contributed by atoms with Crippen molar-refractivity contribution in [3.05, 3.63) is 81.8 Å². The van der Waals surface area contributed by atoms with Crippen molar-refractivity contribution in [2.45, 2.75) is 19.6 Å². The van der Waals surface area contributed by atoms with E-state index >= 15 is 0 Å². The Bertz CT molecular complexity index is 925. The van der Waals surface area contributed by atoms with E-state index in [1.807, 2.05) is 36.6 Å². The molecule has 0 aliphatic rings. The number of thiophene rings is 1. The maximum atomic E-state index is 13.2. The average molecular weight is 385 g/mol. The van der Waals surface area contributed by atoms with Crippen molar-refractivity contribution in [2.75, 3.05) is 7.11 Å². The van der Waals surface area contributed by atoms with Crippen LogP contribution in [0.15, 0.2) is 60.0 Å². The summed E-state index contributed by atoms with van der Waals surface area (Å²) in [7, 11) is 1.61. The summed E-state index contributed by atoms with van der Waals surface area (Å²) in [6, 6.07) is 15.2. The van der Waals surface area contributed by atoms with Crippen LogP contribution in [0.5, 0.6) is 11.5 Å². The Kier molecular flexibility index (Phi) is 6.08. The molecule has 0 spiro atoms. The van der Waals surface area contributed by atoms with Gasteiger partial charge in [-0.2, -0.15) is 0 Å². The number of hydrogen-bond donors (Lipinski definition) is 1. The minimum absolute atomic E-state index is 0.146. The zero-order chi connectivity index (χ0) is 19.2. The summed E-state index contributed by atoms with van der Waals surface area (Å²) < 4.78 is 24.0. The third-order valence-electron chi connectivity index (χ3n) is 4.02. The second kappa shape index (κ2) is 8.68. The highest BCUT2D eigenvalue weighted by Gasteiger charge is 2.14. The zero-order valence-electron chi connectivity index (χ0n) is 15.1. The van der Waals surface area contributed by atoms with E-state index in [9.17, 15) is 9.18 Å². The molecule has 1 unspecified atom stereocenters. The lowest BCUT2D eigenvalue weighted by Gasteiger charge is -2.14. The first-order valence-corrected chi connectivity index (χ1v) is 9.33. The molecule has 0 radical (unpaired) electrons. The van der Waals surface area contributed by atoms with E-state index in [-0.39, 0.29) is 24.4 Å². The molecule has 0 saturated heterocycles. The number of nitrogens with one attached hydrogen (secondary N) is 1. The molecule has 0 aliphatic heterocycles. The van der Waals surface area contributed by atoms with Gasteiger partial charge in [-0.1, -0.05) is 18.2 Å². The van der Waals surface area contributed by atoms with Crippen molar-refractivity contribution in [3.63, 3.8) is 0 Å². The summed E-state index contributed by atoms with van der Waals surface area (Å²) >= 11 is 1.35. The van der Waals surface area contributed by atoms with Gasteiger partial charge >= 0.3 is 0 Å². The SMILES string of the molecule is COc1cccc(C(C)NC(=O)c2cc(COc3cccc(F)c3)cs2)c1. The summed E-state index contributed by atoms with van der Waals surface area (Å²) in [6.45, 7) is 2.20. The van der Waals surface area contributed by atoms with Gasteiger partial charge in [-0.25, -0.2) is 4.39 Å². The molecule has 1 aromatic heterocycles. The third kappa shape index (κ3) is 5.08. The van der Waals surface area contributed by atoms with E-state index < -0.39 is 0 Å². The fourth-order valence-electron chi connectivity index (χ4n) is 2.56. The minimum atomic E-state index is -0.343. The van der Waals surface area contributed by atoms with Crippen LogP contribution < -0.4 is 14.8 Å². The second-order valence-corrected chi connectivity index (χ2v) is 6.95. The molecule has 6 heteroatoms. The van der Waals surface area contributed by atoms with Gasteiger partial charge < -0.3 is 14.8 Å². The van der Waals surface area contributed by atoms with E-state index in [0.717, 1.165) is 16.9 Å². The predicted molar refractivity (Wildman–Crippen MR) is 104 cm³/mol.